The molecular formula is C14H27N3O. The normalized spacial score (nSPS) is 32.8. The van der Waals surface area contributed by atoms with Crippen LogP contribution in [0.5, 0.6) is 0 Å². The number of rotatable bonds is 5. The summed E-state index contributed by atoms with van der Waals surface area (Å²) in [6.07, 6.45) is 5.27. The fourth-order valence-corrected chi connectivity index (χ4v) is 3.35. The molecule has 0 aromatic heterocycles. The average molecular weight is 253 g/mol. The van der Waals surface area contributed by atoms with E-state index in [0.29, 0.717) is 6.04 Å². The fourth-order valence-electron chi connectivity index (χ4n) is 3.35. The van der Waals surface area contributed by atoms with E-state index in [1.807, 2.05) is 0 Å². The van der Waals surface area contributed by atoms with Crippen molar-refractivity contribution < 1.29 is 4.74 Å². The van der Waals surface area contributed by atoms with Crippen LogP contribution in [0.1, 0.15) is 25.7 Å². The summed E-state index contributed by atoms with van der Waals surface area (Å²) in [6.45, 7) is 7.81. The predicted molar refractivity (Wildman–Crippen MR) is 72.6 cm³/mol. The van der Waals surface area contributed by atoms with Crippen LogP contribution in [0.15, 0.2) is 0 Å². The average Bonchev–Trinajstić information content (AvgIpc) is 3.16. The zero-order chi connectivity index (χ0) is 12.4. The van der Waals surface area contributed by atoms with Gasteiger partial charge in [0, 0.05) is 31.7 Å². The zero-order valence-corrected chi connectivity index (χ0v) is 11.4. The third kappa shape index (κ3) is 3.23. The molecule has 2 saturated heterocycles. The van der Waals surface area contributed by atoms with E-state index in [1.165, 1.54) is 45.3 Å². The molecule has 3 aliphatic rings. The van der Waals surface area contributed by atoms with Gasteiger partial charge in [-0.1, -0.05) is 0 Å². The molecule has 2 atom stereocenters. The van der Waals surface area contributed by atoms with Crippen molar-refractivity contribution in [2.75, 3.05) is 45.9 Å². The summed E-state index contributed by atoms with van der Waals surface area (Å²) in [5.74, 6) is 0.850. The molecular weight excluding hydrogens is 226 g/mol. The van der Waals surface area contributed by atoms with Crippen LogP contribution in [0.4, 0.5) is 0 Å². The Morgan fingerprint density at radius 3 is 2.61 bits per heavy atom. The Kier molecular flexibility index (Phi) is 4.19. The first-order valence-electron chi connectivity index (χ1n) is 7.62. The molecule has 2 N–H and O–H groups in total. The molecule has 2 heterocycles. The zero-order valence-electron chi connectivity index (χ0n) is 11.4. The molecule has 0 aromatic rings. The number of ether oxygens (including phenoxy) is 1. The molecule has 0 bridgehead atoms. The van der Waals surface area contributed by atoms with Gasteiger partial charge in [0.05, 0.1) is 13.2 Å². The quantitative estimate of drug-likeness (QED) is 0.776. The first kappa shape index (κ1) is 12.9. The minimum absolute atomic E-state index is 0.465. The molecule has 2 unspecified atom stereocenters. The predicted octanol–water partition coefficient (Wildman–Crippen LogP) is 0.520. The molecule has 0 amide bonds. The van der Waals surface area contributed by atoms with E-state index in [9.17, 15) is 0 Å². The maximum Gasteiger partial charge on any atom is 0.0594 e. The monoisotopic (exact) mass is 253 g/mol. The lowest BCUT2D eigenvalue weighted by molar-refractivity contribution is 0.0185. The van der Waals surface area contributed by atoms with Crippen molar-refractivity contribution >= 4 is 0 Å². The van der Waals surface area contributed by atoms with Crippen LogP contribution in [-0.4, -0.2) is 67.8 Å². The second-order valence-electron chi connectivity index (χ2n) is 6.18. The number of nitrogens with zero attached hydrogens (tertiary/aromatic N) is 2. The summed E-state index contributed by atoms with van der Waals surface area (Å²) in [5.41, 5.74) is 6.18. The Balaban J connectivity index is 1.37. The van der Waals surface area contributed by atoms with E-state index in [4.69, 9.17) is 10.5 Å². The lowest BCUT2D eigenvalue weighted by atomic mass is 10.1. The van der Waals surface area contributed by atoms with E-state index in [1.54, 1.807) is 0 Å². The van der Waals surface area contributed by atoms with E-state index in [0.717, 1.165) is 38.3 Å². The number of hydrogen-bond acceptors (Lipinski definition) is 4. The molecule has 1 aliphatic carbocycles. The van der Waals surface area contributed by atoms with Gasteiger partial charge in [-0.3, -0.25) is 4.90 Å². The molecule has 3 rings (SSSR count). The van der Waals surface area contributed by atoms with Gasteiger partial charge in [-0.2, -0.15) is 0 Å². The van der Waals surface area contributed by atoms with E-state index in [2.05, 4.69) is 9.80 Å². The highest BCUT2D eigenvalue weighted by molar-refractivity contribution is 4.87. The molecule has 1 saturated carbocycles. The van der Waals surface area contributed by atoms with E-state index < -0.39 is 0 Å². The molecule has 18 heavy (non-hydrogen) atoms. The second kappa shape index (κ2) is 5.87. The Bertz CT molecular complexity index is 264. The Morgan fingerprint density at radius 2 is 1.89 bits per heavy atom. The van der Waals surface area contributed by atoms with Crippen molar-refractivity contribution in [3.8, 4) is 0 Å². The van der Waals surface area contributed by atoms with Crippen LogP contribution in [0, 0.1) is 5.92 Å². The van der Waals surface area contributed by atoms with Gasteiger partial charge in [0.15, 0.2) is 0 Å². The van der Waals surface area contributed by atoms with Gasteiger partial charge in [0.2, 0.25) is 0 Å². The van der Waals surface area contributed by atoms with Crippen molar-refractivity contribution in [1.82, 2.24) is 9.80 Å². The number of morpholine rings is 1. The van der Waals surface area contributed by atoms with Crippen molar-refractivity contribution in [1.29, 1.82) is 0 Å². The highest BCUT2D eigenvalue weighted by atomic mass is 16.5. The van der Waals surface area contributed by atoms with Crippen molar-refractivity contribution in [3.05, 3.63) is 0 Å². The Hall–Kier alpha value is -0.160. The maximum atomic E-state index is 6.18. The lowest BCUT2D eigenvalue weighted by Gasteiger charge is -2.32. The molecule has 104 valence electrons. The van der Waals surface area contributed by atoms with Crippen LogP contribution in [-0.2, 0) is 4.74 Å². The molecule has 4 nitrogen and oxygen atoms in total. The first-order valence-corrected chi connectivity index (χ1v) is 7.62. The first-order chi connectivity index (χ1) is 8.83. The van der Waals surface area contributed by atoms with Gasteiger partial charge < -0.3 is 15.4 Å². The van der Waals surface area contributed by atoms with Gasteiger partial charge in [-0.25, -0.2) is 0 Å². The maximum absolute atomic E-state index is 6.18. The summed E-state index contributed by atoms with van der Waals surface area (Å²) >= 11 is 0. The van der Waals surface area contributed by atoms with Gasteiger partial charge in [-0.05, 0) is 44.7 Å². The lowest BCUT2D eigenvalue weighted by Crippen LogP contribution is -2.44. The van der Waals surface area contributed by atoms with Crippen LogP contribution in [0.2, 0.25) is 0 Å². The standard InChI is InChI=1S/C14H27N3O/c15-14(12-1-2-12)4-6-16-5-3-13(11-16)17-7-9-18-10-8-17/h12-14H,1-11,15H2. The van der Waals surface area contributed by atoms with Gasteiger partial charge in [0.25, 0.3) is 0 Å². The summed E-state index contributed by atoms with van der Waals surface area (Å²) in [4.78, 5) is 5.23. The third-order valence-corrected chi connectivity index (χ3v) is 4.82. The van der Waals surface area contributed by atoms with E-state index >= 15 is 0 Å². The molecule has 2 aliphatic heterocycles. The summed E-state index contributed by atoms with van der Waals surface area (Å²) in [5, 5.41) is 0. The highest BCUT2D eigenvalue weighted by Crippen LogP contribution is 2.33. The van der Waals surface area contributed by atoms with Crippen molar-refractivity contribution in [2.45, 2.75) is 37.8 Å². The molecule has 3 fully saturated rings. The topological polar surface area (TPSA) is 41.7 Å². The fraction of sp³-hybridized carbons (Fsp3) is 1.00. The summed E-state index contributed by atoms with van der Waals surface area (Å²) in [6, 6.07) is 1.23. The molecule has 0 radical (unpaired) electrons. The molecule has 0 spiro atoms. The van der Waals surface area contributed by atoms with Crippen LogP contribution in [0.3, 0.4) is 0 Å². The van der Waals surface area contributed by atoms with Crippen molar-refractivity contribution in [2.24, 2.45) is 11.7 Å². The number of likely N-dealkylation sites (tertiary alicyclic amines) is 1. The van der Waals surface area contributed by atoms with Gasteiger partial charge >= 0.3 is 0 Å². The molecule has 0 aromatic carbocycles. The summed E-state index contributed by atoms with van der Waals surface area (Å²) < 4.78 is 5.43. The second-order valence-corrected chi connectivity index (χ2v) is 6.18. The van der Waals surface area contributed by atoms with Crippen LogP contribution < -0.4 is 5.73 Å². The number of hydrogen-bond donors (Lipinski definition) is 1. The van der Waals surface area contributed by atoms with E-state index in [-0.39, 0.29) is 0 Å². The third-order valence-electron chi connectivity index (χ3n) is 4.82. The largest absolute Gasteiger partial charge is 0.379 e. The smallest absolute Gasteiger partial charge is 0.0594 e. The number of nitrogens with two attached hydrogens (primary N) is 1. The Morgan fingerprint density at radius 1 is 1.11 bits per heavy atom. The minimum atomic E-state index is 0.465. The van der Waals surface area contributed by atoms with Crippen LogP contribution >= 0.6 is 0 Å². The minimum Gasteiger partial charge on any atom is -0.379 e. The van der Waals surface area contributed by atoms with Crippen molar-refractivity contribution in [3.63, 3.8) is 0 Å². The summed E-state index contributed by atoms with van der Waals surface area (Å²) in [7, 11) is 0. The highest BCUT2D eigenvalue weighted by Gasteiger charge is 2.31. The van der Waals surface area contributed by atoms with Gasteiger partial charge in [0.1, 0.15) is 0 Å². The molecule has 4 heteroatoms. The Labute approximate surface area is 110 Å². The van der Waals surface area contributed by atoms with Crippen LogP contribution in [0.25, 0.3) is 0 Å². The SMILES string of the molecule is NC(CCN1CCC(N2CCOCC2)C1)C1CC1. The van der Waals surface area contributed by atoms with Gasteiger partial charge in [-0.15, -0.1) is 0 Å².